The quantitative estimate of drug-likeness (QED) is 0.717. The van der Waals surface area contributed by atoms with Gasteiger partial charge in [0.05, 0.1) is 13.0 Å². The van der Waals surface area contributed by atoms with Crippen LogP contribution in [-0.2, 0) is 9.59 Å². The van der Waals surface area contributed by atoms with E-state index in [0.717, 1.165) is 38.9 Å². The Labute approximate surface area is 102 Å². The van der Waals surface area contributed by atoms with Crippen molar-refractivity contribution in [2.45, 2.75) is 32.6 Å². The molecule has 1 aliphatic heterocycles. The van der Waals surface area contributed by atoms with Crippen LogP contribution in [0.5, 0.6) is 0 Å². The molecule has 1 heterocycles. The average molecular weight is 242 g/mol. The molecule has 0 atom stereocenters. The van der Waals surface area contributed by atoms with Gasteiger partial charge in [0.1, 0.15) is 0 Å². The van der Waals surface area contributed by atoms with Crippen molar-refractivity contribution in [2.75, 3.05) is 32.7 Å². The van der Waals surface area contributed by atoms with Gasteiger partial charge in [-0.25, -0.2) is 0 Å². The van der Waals surface area contributed by atoms with E-state index in [1.165, 1.54) is 0 Å². The van der Waals surface area contributed by atoms with E-state index in [1.54, 1.807) is 0 Å². The van der Waals surface area contributed by atoms with Crippen molar-refractivity contribution in [3.05, 3.63) is 0 Å². The lowest BCUT2D eigenvalue weighted by Crippen LogP contribution is -2.40. The Morgan fingerprint density at radius 2 is 1.88 bits per heavy atom. The number of carboxylic acid groups (broad SMARTS) is 1. The lowest BCUT2D eigenvalue weighted by molar-refractivity contribution is -0.138. The van der Waals surface area contributed by atoms with E-state index in [-0.39, 0.29) is 12.3 Å². The molecule has 0 aliphatic carbocycles. The smallest absolute Gasteiger partial charge is 0.304 e. The monoisotopic (exact) mass is 242 g/mol. The summed E-state index contributed by atoms with van der Waals surface area (Å²) in [7, 11) is 0. The van der Waals surface area contributed by atoms with E-state index >= 15 is 0 Å². The molecule has 98 valence electrons. The zero-order valence-electron chi connectivity index (χ0n) is 10.5. The summed E-state index contributed by atoms with van der Waals surface area (Å²) in [5.74, 6) is -0.666. The summed E-state index contributed by atoms with van der Waals surface area (Å²) in [4.78, 5) is 26.3. The third-order valence-electron chi connectivity index (χ3n) is 3.00. The van der Waals surface area contributed by atoms with Gasteiger partial charge in [-0.1, -0.05) is 6.92 Å². The Kier molecular flexibility index (Phi) is 5.97. The number of carbonyl (C=O) groups excluding carboxylic acids is 1. The first-order chi connectivity index (χ1) is 8.13. The minimum absolute atomic E-state index is 0.104. The molecule has 1 rings (SSSR count). The van der Waals surface area contributed by atoms with Gasteiger partial charge in [0.25, 0.3) is 0 Å². The van der Waals surface area contributed by atoms with Crippen LogP contribution in [-0.4, -0.2) is 59.5 Å². The van der Waals surface area contributed by atoms with Crippen molar-refractivity contribution < 1.29 is 14.7 Å². The molecule has 1 amide bonds. The first kappa shape index (κ1) is 14.0. The summed E-state index contributed by atoms with van der Waals surface area (Å²) in [6.07, 6.45) is 3.23. The van der Waals surface area contributed by atoms with E-state index in [2.05, 4.69) is 0 Å². The third-order valence-corrected chi connectivity index (χ3v) is 3.00. The fourth-order valence-corrected chi connectivity index (χ4v) is 2.10. The van der Waals surface area contributed by atoms with Crippen molar-refractivity contribution >= 4 is 11.9 Å². The van der Waals surface area contributed by atoms with Crippen LogP contribution in [0.1, 0.15) is 32.6 Å². The summed E-state index contributed by atoms with van der Waals surface area (Å²) < 4.78 is 0. The molecule has 0 saturated carbocycles. The Bertz CT molecular complexity index is 262. The fourth-order valence-electron chi connectivity index (χ4n) is 2.10. The highest BCUT2D eigenvalue weighted by atomic mass is 16.4. The summed E-state index contributed by atoms with van der Waals surface area (Å²) >= 11 is 0. The first-order valence-electron chi connectivity index (χ1n) is 6.35. The predicted octanol–water partition coefficient (Wildman–Crippen LogP) is 0.795. The number of hydrogen-bond donors (Lipinski definition) is 1. The standard InChI is InChI=1S/C12H22N2O3/c1-2-6-13(9-5-12(16)17)10-11(15)14-7-3-4-8-14/h2-10H2,1H3,(H,16,17). The number of carbonyl (C=O) groups is 2. The Balaban J connectivity index is 2.35. The van der Waals surface area contributed by atoms with Crippen LogP contribution in [0.4, 0.5) is 0 Å². The summed E-state index contributed by atoms with van der Waals surface area (Å²) in [5.41, 5.74) is 0. The normalized spacial score (nSPS) is 15.5. The van der Waals surface area contributed by atoms with Crippen LogP contribution in [0.3, 0.4) is 0 Å². The number of amides is 1. The molecular formula is C12H22N2O3. The minimum atomic E-state index is -0.806. The molecule has 0 aromatic rings. The Hall–Kier alpha value is -1.10. The van der Waals surface area contributed by atoms with Gasteiger partial charge in [-0.05, 0) is 25.8 Å². The van der Waals surface area contributed by atoms with Gasteiger partial charge < -0.3 is 10.0 Å². The van der Waals surface area contributed by atoms with Gasteiger partial charge in [-0.2, -0.15) is 0 Å². The summed E-state index contributed by atoms with van der Waals surface area (Å²) in [5, 5.41) is 8.65. The van der Waals surface area contributed by atoms with Crippen LogP contribution >= 0.6 is 0 Å². The maximum absolute atomic E-state index is 11.9. The zero-order valence-corrected chi connectivity index (χ0v) is 10.5. The van der Waals surface area contributed by atoms with Crippen molar-refractivity contribution in [3.8, 4) is 0 Å². The highest BCUT2D eigenvalue weighted by Crippen LogP contribution is 2.08. The van der Waals surface area contributed by atoms with Crippen LogP contribution in [0.25, 0.3) is 0 Å². The number of hydrogen-bond acceptors (Lipinski definition) is 3. The molecule has 0 bridgehead atoms. The average Bonchev–Trinajstić information content (AvgIpc) is 2.79. The van der Waals surface area contributed by atoms with Crippen LogP contribution in [0.15, 0.2) is 0 Å². The molecule has 5 heteroatoms. The highest BCUT2D eigenvalue weighted by molar-refractivity contribution is 5.78. The topological polar surface area (TPSA) is 60.9 Å². The molecule has 1 aliphatic rings. The summed E-state index contributed by atoms with van der Waals surface area (Å²) in [6.45, 7) is 5.36. The van der Waals surface area contributed by atoms with Crippen LogP contribution in [0.2, 0.25) is 0 Å². The predicted molar refractivity (Wildman–Crippen MR) is 64.8 cm³/mol. The SMILES string of the molecule is CCCN(CCC(=O)O)CC(=O)N1CCCC1. The second-order valence-corrected chi connectivity index (χ2v) is 4.51. The first-order valence-corrected chi connectivity index (χ1v) is 6.35. The molecular weight excluding hydrogens is 220 g/mol. The van der Waals surface area contributed by atoms with Crippen molar-refractivity contribution in [3.63, 3.8) is 0 Å². The molecule has 17 heavy (non-hydrogen) atoms. The van der Waals surface area contributed by atoms with E-state index in [0.29, 0.717) is 13.1 Å². The van der Waals surface area contributed by atoms with Crippen molar-refractivity contribution in [1.29, 1.82) is 0 Å². The zero-order chi connectivity index (χ0) is 12.7. The second kappa shape index (κ2) is 7.27. The van der Waals surface area contributed by atoms with Gasteiger partial charge in [0, 0.05) is 19.6 Å². The van der Waals surface area contributed by atoms with Gasteiger partial charge in [-0.3, -0.25) is 14.5 Å². The molecule has 0 radical (unpaired) electrons. The van der Waals surface area contributed by atoms with E-state index in [9.17, 15) is 9.59 Å². The van der Waals surface area contributed by atoms with Crippen molar-refractivity contribution in [2.24, 2.45) is 0 Å². The molecule has 1 saturated heterocycles. The van der Waals surface area contributed by atoms with Crippen LogP contribution < -0.4 is 0 Å². The number of rotatable bonds is 7. The van der Waals surface area contributed by atoms with Crippen LogP contribution in [0, 0.1) is 0 Å². The molecule has 0 spiro atoms. The van der Waals surface area contributed by atoms with E-state index in [4.69, 9.17) is 5.11 Å². The lowest BCUT2D eigenvalue weighted by Gasteiger charge is -2.23. The maximum atomic E-state index is 11.9. The molecule has 0 aromatic heterocycles. The Morgan fingerprint density at radius 1 is 1.24 bits per heavy atom. The summed E-state index contributed by atoms with van der Waals surface area (Å²) in [6, 6.07) is 0. The molecule has 0 unspecified atom stereocenters. The number of nitrogens with zero attached hydrogens (tertiary/aromatic N) is 2. The van der Waals surface area contributed by atoms with Gasteiger partial charge in [-0.15, -0.1) is 0 Å². The van der Waals surface area contributed by atoms with Crippen molar-refractivity contribution in [1.82, 2.24) is 9.80 Å². The van der Waals surface area contributed by atoms with E-state index < -0.39 is 5.97 Å². The lowest BCUT2D eigenvalue weighted by atomic mass is 10.3. The van der Waals surface area contributed by atoms with Gasteiger partial charge in [0.2, 0.25) is 5.91 Å². The molecule has 0 aromatic carbocycles. The van der Waals surface area contributed by atoms with Gasteiger partial charge >= 0.3 is 5.97 Å². The largest absolute Gasteiger partial charge is 0.481 e. The highest BCUT2D eigenvalue weighted by Gasteiger charge is 2.20. The Morgan fingerprint density at radius 3 is 2.41 bits per heavy atom. The molecule has 1 N–H and O–H groups in total. The second-order valence-electron chi connectivity index (χ2n) is 4.51. The number of likely N-dealkylation sites (tertiary alicyclic amines) is 1. The number of aliphatic carboxylic acids is 1. The minimum Gasteiger partial charge on any atom is -0.481 e. The molecule has 5 nitrogen and oxygen atoms in total. The van der Waals surface area contributed by atoms with Gasteiger partial charge in [0.15, 0.2) is 0 Å². The molecule has 1 fully saturated rings. The van der Waals surface area contributed by atoms with E-state index in [1.807, 2.05) is 16.7 Å². The number of carboxylic acids is 1. The maximum Gasteiger partial charge on any atom is 0.304 e. The third kappa shape index (κ3) is 5.17. The fraction of sp³-hybridized carbons (Fsp3) is 0.833.